The second-order valence-electron chi connectivity index (χ2n) is 8.74. The highest BCUT2D eigenvalue weighted by molar-refractivity contribution is 7.46. The number of fused-ring (bicyclic) bond motifs is 1. The molecule has 0 bridgehead atoms. The van der Waals surface area contributed by atoms with Gasteiger partial charge in [0.2, 0.25) is 0 Å². The lowest BCUT2D eigenvalue weighted by Gasteiger charge is -2.49. The summed E-state index contributed by atoms with van der Waals surface area (Å²) in [6.07, 6.45) is 2.23. The number of aliphatic hydroxyl groups is 2. The molecule has 0 amide bonds. The van der Waals surface area contributed by atoms with Gasteiger partial charge in [-0.15, -0.1) is 0 Å². The Bertz CT molecular complexity index is 697. The minimum absolute atomic E-state index is 0.123. The van der Waals surface area contributed by atoms with E-state index in [1.54, 1.807) is 6.34 Å². The molecule has 3 aliphatic rings. The number of nitrogens with zero attached hydrogens (tertiary/aromatic N) is 2. The van der Waals surface area contributed by atoms with Gasteiger partial charge in [0.25, 0.3) is 0 Å². The molecule has 3 heterocycles. The van der Waals surface area contributed by atoms with Crippen LogP contribution in [0.4, 0.5) is 0 Å². The number of unbranched alkanes of at least 4 members (excludes halogenated alkanes) is 2. The summed E-state index contributed by atoms with van der Waals surface area (Å²) < 4.78 is 21.3. The summed E-state index contributed by atoms with van der Waals surface area (Å²) in [6, 6.07) is -0.123. The van der Waals surface area contributed by atoms with E-state index in [1.807, 2.05) is 11.9 Å². The maximum atomic E-state index is 11.0. The number of likely N-dealkylation sites (N-methyl/N-ethyl adjacent to an activating group) is 1. The van der Waals surface area contributed by atoms with Gasteiger partial charge < -0.3 is 30.1 Å². The third kappa shape index (κ3) is 5.20. The predicted octanol–water partition coefficient (Wildman–Crippen LogP) is -0.746. The molecule has 4 unspecified atom stereocenters. The van der Waals surface area contributed by atoms with Crippen molar-refractivity contribution in [1.82, 2.24) is 20.9 Å². The largest absolute Gasteiger partial charge is 0.469 e. The third-order valence-electron chi connectivity index (χ3n) is 6.93. The summed E-state index contributed by atoms with van der Waals surface area (Å²) in [7, 11) is -2.79. The lowest BCUT2D eigenvalue weighted by molar-refractivity contribution is -0.104. The molecule has 186 valence electrons. The van der Waals surface area contributed by atoms with E-state index in [9.17, 15) is 14.8 Å². The smallest absolute Gasteiger partial charge is 0.387 e. The summed E-state index contributed by atoms with van der Waals surface area (Å²) in [5, 5.41) is 31.4. The molecule has 0 aliphatic carbocycles. The first-order chi connectivity index (χ1) is 15.2. The van der Waals surface area contributed by atoms with E-state index in [0.29, 0.717) is 12.6 Å². The van der Waals surface area contributed by atoms with E-state index in [-0.39, 0.29) is 12.2 Å². The van der Waals surface area contributed by atoms with Gasteiger partial charge in [0, 0.05) is 0 Å². The van der Waals surface area contributed by atoms with Crippen molar-refractivity contribution in [2.45, 2.75) is 88.4 Å². The lowest BCUT2D eigenvalue weighted by Crippen LogP contribution is -2.74. The number of rotatable bonds is 11. The fourth-order valence-electron chi connectivity index (χ4n) is 5.22. The van der Waals surface area contributed by atoms with E-state index in [1.165, 1.54) is 6.42 Å². The highest BCUT2D eigenvalue weighted by Gasteiger charge is 2.57. The topological polar surface area (TPSA) is 168 Å². The van der Waals surface area contributed by atoms with Crippen LogP contribution in [-0.2, 0) is 13.8 Å². The zero-order valence-corrected chi connectivity index (χ0v) is 19.8. The van der Waals surface area contributed by atoms with Crippen molar-refractivity contribution in [2.75, 3.05) is 20.3 Å². The normalized spacial score (nSPS) is 38.6. The molecule has 3 rings (SSSR count). The van der Waals surface area contributed by atoms with Gasteiger partial charge in [0.15, 0.2) is 0 Å². The van der Waals surface area contributed by atoms with Crippen LogP contribution in [0.1, 0.15) is 46.0 Å². The van der Waals surface area contributed by atoms with Crippen LogP contribution in [0.25, 0.3) is 0 Å². The Labute approximate surface area is 189 Å². The Morgan fingerprint density at radius 2 is 2.09 bits per heavy atom. The second-order valence-corrected chi connectivity index (χ2v) is 9.98. The van der Waals surface area contributed by atoms with Crippen molar-refractivity contribution >= 4 is 14.2 Å². The first-order valence-corrected chi connectivity index (χ1v) is 12.9. The van der Waals surface area contributed by atoms with E-state index in [4.69, 9.17) is 14.5 Å². The third-order valence-corrected chi connectivity index (χ3v) is 7.42. The van der Waals surface area contributed by atoms with Crippen molar-refractivity contribution < 1.29 is 33.8 Å². The van der Waals surface area contributed by atoms with Crippen molar-refractivity contribution in [1.29, 1.82) is 0 Å². The Balaban J connectivity index is 1.75. The van der Waals surface area contributed by atoms with Crippen LogP contribution < -0.4 is 16.0 Å². The lowest BCUT2D eigenvalue weighted by atomic mass is 9.79. The van der Waals surface area contributed by atoms with Gasteiger partial charge in [-0.05, 0) is 25.8 Å². The van der Waals surface area contributed by atoms with Gasteiger partial charge in [-0.2, -0.15) is 0 Å². The maximum absolute atomic E-state index is 11.0. The summed E-state index contributed by atoms with van der Waals surface area (Å²) in [5.41, 5.74) is -0.450. The molecule has 0 aromatic heterocycles. The molecule has 0 saturated carbocycles. The molecule has 12 nitrogen and oxygen atoms in total. The fourth-order valence-corrected chi connectivity index (χ4v) is 5.56. The number of aliphatic hydroxyl groups excluding tert-OH is 2. The summed E-state index contributed by atoms with van der Waals surface area (Å²) in [6.45, 7) is 4.20. The van der Waals surface area contributed by atoms with E-state index in [0.717, 1.165) is 25.7 Å². The SMILES string of the molecule is CCCCCC(CC)C1(NC)NC=NC2C1NCN2[C@@H]1O[C@H](COP(=O)(O)O)[C@@H](O)[C@H]1O. The van der Waals surface area contributed by atoms with Crippen LogP contribution in [0, 0.1) is 5.92 Å². The predicted molar refractivity (Wildman–Crippen MR) is 117 cm³/mol. The van der Waals surface area contributed by atoms with Crippen LogP contribution in [-0.4, -0.2) is 94.0 Å². The average molecular weight is 480 g/mol. The molecular weight excluding hydrogens is 441 g/mol. The molecule has 3 aliphatic heterocycles. The van der Waals surface area contributed by atoms with Gasteiger partial charge in [-0.1, -0.05) is 33.1 Å². The van der Waals surface area contributed by atoms with Crippen molar-refractivity contribution in [2.24, 2.45) is 10.9 Å². The summed E-state index contributed by atoms with van der Waals surface area (Å²) in [5.74, 6) is 0.329. The zero-order valence-electron chi connectivity index (χ0n) is 18.9. The van der Waals surface area contributed by atoms with Crippen LogP contribution in [0.5, 0.6) is 0 Å². The Hall–Kier alpha value is -0.660. The average Bonchev–Trinajstić information content (AvgIpc) is 3.31. The quantitative estimate of drug-likeness (QED) is 0.147. The maximum Gasteiger partial charge on any atom is 0.469 e. The van der Waals surface area contributed by atoms with Crippen LogP contribution in [0.3, 0.4) is 0 Å². The van der Waals surface area contributed by atoms with E-state index < -0.39 is 44.6 Å². The molecule has 0 aromatic rings. The summed E-state index contributed by atoms with van der Waals surface area (Å²) in [4.78, 5) is 24.3. The van der Waals surface area contributed by atoms with Gasteiger partial charge in [-0.25, -0.2) is 9.46 Å². The van der Waals surface area contributed by atoms with Crippen LogP contribution in [0.2, 0.25) is 0 Å². The molecule has 0 aromatic carbocycles. The minimum Gasteiger partial charge on any atom is -0.387 e. The Kier molecular flexibility index (Phi) is 8.70. The highest BCUT2D eigenvalue weighted by atomic mass is 31.2. The molecule has 0 spiro atoms. The second kappa shape index (κ2) is 10.7. The molecule has 7 N–H and O–H groups in total. The molecule has 2 saturated heterocycles. The van der Waals surface area contributed by atoms with Crippen molar-refractivity contribution in [3.8, 4) is 0 Å². The number of hydrogen-bond donors (Lipinski definition) is 7. The number of ether oxygens (including phenoxy) is 1. The molecule has 0 radical (unpaired) electrons. The van der Waals surface area contributed by atoms with Crippen LogP contribution >= 0.6 is 7.82 Å². The van der Waals surface area contributed by atoms with Gasteiger partial charge >= 0.3 is 7.82 Å². The zero-order chi connectivity index (χ0) is 23.5. The van der Waals surface area contributed by atoms with E-state index >= 15 is 0 Å². The number of nitrogens with one attached hydrogen (secondary N) is 3. The Morgan fingerprint density at radius 3 is 2.72 bits per heavy atom. The molecule has 13 heteroatoms. The summed E-state index contributed by atoms with van der Waals surface area (Å²) >= 11 is 0. The molecule has 32 heavy (non-hydrogen) atoms. The standard InChI is InChI=1S/C19H38N5O7P/c1-4-6-7-8-12(5-2)19(20-3)16-17(21-10-23-19)24(11-22-16)18-15(26)14(25)13(31-18)9-30-32(27,28)29/h10,12-18,20,22,25-26H,4-9,11H2,1-3H3,(H,21,23)(H2,27,28,29)/t12?,13-,14-,15-,16?,17?,18-,19?/m1/s1. The number of phosphoric ester groups is 1. The van der Waals surface area contributed by atoms with E-state index in [2.05, 4.69) is 39.3 Å². The van der Waals surface area contributed by atoms with Gasteiger partial charge in [0.05, 0.1) is 25.7 Å². The molecule has 2 fully saturated rings. The number of aliphatic imine (C=N–C) groups is 1. The highest BCUT2D eigenvalue weighted by Crippen LogP contribution is 2.39. The molecular formula is C19H38N5O7P. The van der Waals surface area contributed by atoms with Crippen LogP contribution in [0.15, 0.2) is 4.99 Å². The monoisotopic (exact) mass is 479 g/mol. The van der Waals surface area contributed by atoms with Crippen molar-refractivity contribution in [3.63, 3.8) is 0 Å². The first-order valence-electron chi connectivity index (χ1n) is 11.4. The van der Waals surface area contributed by atoms with Gasteiger partial charge in [0.1, 0.15) is 36.4 Å². The molecule has 8 atom stereocenters. The first kappa shape index (κ1) is 26.0. The minimum atomic E-state index is -4.72. The number of hydrogen-bond acceptors (Lipinski definition) is 10. The van der Waals surface area contributed by atoms with Crippen molar-refractivity contribution in [3.05, 3.63) is 0 Å². The number of phosphoric acid groups is 1. The van der Waals surface area contributed by atoms with Gasteiger partial charge in [-0.3, -0.25) is 20.1 Å². The Morgan fingerprint density at radius 1 is 1.34 bits per heavy atom. The fraction of sp³-hybridized carbons (Fsp3) is 0.947.